The average molecular weight is 329 g/mol. The Morgan fingerprint density at radius 3 is 2.23 bits per heavy atom. The summed E-state index contributed by atoms with van der Waals surface area (Å²) in [5.41, 5.74) is 8.57. The van der Waals surface area contributed by atoms with Gasteiger partial charge in [0.05, 0.1) is 14.2 Å². The minimum absolute atomic E-state index is 0. The molecule has 1 atom stereocenters. The third kappa shape index (κ3) is 4.51. The third-order valence-corrected chi connectivity index (χ3v) is 4.61. The first-order valence-corrected chi connectivity index (χ1v) is 7.74. The molecule has 1 aromatic rings. The lowest BCUT2D eigenvalue weighted by atomic mass is 9.90. The van der Waals surface area contributed by atoms with Crippen molar-refractivity contribution in [2.75, 3.05) is 27.3 Å². The van der Waals surface area contributed by atoms with Crippen LogP contribution < -0.4 is 15.2 Å². The SMILES string of the molecule is COc1cc(C)c(CN2CCC(C(C)N)CC2)cc1OC.Cl. The second kappa shape index (κ2) is 8.61. The number of methoxy groups -OCH3 is 2. The molecule has 0 bridgehead atoms. The van der Waals surface area contributed by atoms with Crippen molar-refractivity contribution >= 4 is 12.4 Å². The van der Waals surface area contributed by atoms with Crippen LogP contribution in [-0.2, 0) is 6.54 Å². The number of likely N-dealkylation sites (tertiary alicyclic amines) is 1. The summed E-state index contributed by atoms with van der Waals surface area (Å²) in [6.07, 6.45) is 2.40. The van der Waals surface area contributed by atoms with Crippen LogP contribution in [0.1, 0.15) is 30.9 Å². The van der Waals surface area contributed by atoms with Crippen LogP contribution in [0, 0.1) is 12.8 Å². The van der Waals surface area contributed by atoms with E-state index in [1.165, 1.54) is 24.0 Å². The number of hydrogen-bond donors (Lipinski definition) is 1. The Hall–Kier alpha value is -0.970. The number of aryl methyl sites for hydroxylation is 1. The van der Waals surface area contributed by atoms with Crippen LogP contribution in [0.3, 0.4) is 0 Å². The van der Waals surface area contributed by atoms with E-state index < -0.39 is 0 Å². The van der Waals surface area contributed by atoms with Crippen LogP contribution in [0.5, 0.6) is 11.5 Å². The van der Waals surface area contributed by atoms with Crippen molar-refractivity contribution < 1.29 is 9.47 Å². The van der Waals surface area contributed by atoms with Gasteiger partial charge in [-0.2, -0.15) is 0 Å². The molecular formula is C17H29ClN2O2. The molecule has 0 aromatic heterocycles. The number of piperidine rings is 1. The molecule has 22 heavy (non-hydrogen) atoms. The fraction of sp³-hybridized carbons (Fsp3) is 0.647. The molecule has 0 spiro atoms. The summed E-state index contributed by atoms with van der Waals surface area (Å²) >= 11 is 0. The molecule has 1 fully saturated rings. The Morgan fingerprint density at radius 2 is 1.73 bits per heavy atom. The molecule has 5 heteroatoms. The van der Waals surface area contributed by atoms with Crippen molar-refractivity contribution in [3.05, 3.63) is 23.3 Å². The van der Waals surface area contributed by atoms with Gasteiger partial charge in [0, 0.05) is 12.6 Å². The Kier molecular flexibility index (Phi) is 7.46. The van der Waals surface area contributed by atoms with Crippen molar-refractivity contribution in [1.82, 2.24) is 4.90 Å². The highest BCUT2D eigenvalue weighted by molar-refractivity contribution is 5.85. The number of benzene rings is 1. The van der Waals surface area contributed by atoms with Crippen LogP contribution in [-0.4, -0.2) is 38.3 Å². The first-order valence-electron chi connectivity index (χ1n) is 7.74. The Morgan fingerprint density at radius 1 is 1.18 bits per heavy atom. The van der Waals surface area contributed by atoms with Gasteiger partial charge < -0.3 is 15.2 Å². The highest BCUT2D eigenvalue weighted by Gasteiger charge is 2.22. The summed E-state index contributed by atoms with van der Waals surface area (Å²) < 4.78 is 10.8. The van der Waals surface area contributed by atoms with Crippen molar-refractivity contribution in [2.45, 2.75) is 39.3 Å². The molecule has 0 aliphatic carbocycles. The summed E-state index contributed by atoms with van der Waals surface area (Å²) in [5, 5.41) is 0. The van der Waals surface area contributed by atoms with Crippen LogP contribution in [0.15, 0.2) is 12.1 Å². The van der Waals surface area contributed by atoms with Crippen molar-refractivity contribution in [2.24, 2.45) is 11.7 Å². The highest BCUT2D eigenvalue weighted by atomic mass is 35.5. The number of rotatable bonds is 5. The molecule has 1 heterocycles. The monoisotopic (exact) mass is 328 g/mol. The van der Waals surface area contributed by atoms with Gasteiger partial charge >= 0.3 is 0 Å². The van der Waals surface area contributed by atoms with Crippen molar-refractivity contribution in [3.8, 4) is 11.5 Å². The maximum atomic E-state index is 6.01. The summed E-state index contributed by atoms with van der Waals surface area (Å²) in [6, 6.07) is 4.48. The van der Waals surface area contributed by atoms with Gasteiger partial charge in [-0.25, -0.2) is 0 Å². The zero-order valence-corrected chi connectivity index (χ0v) is 14.9. The molecule has 1 aromatic carbocycles. The molecule has 0 radical (unpaired) electrons. The van der Waals surface area contributed by atoms with E-state index in [0.717, 1.165) is 31.1 Å². The molecule has 0 saturated carbocycles. The Balaban J connectivity index is 0.00000242. The van der Waals surface area contributed by atoms with E-state index >= 15 is 0 Å². The first-order chi connectivity index (χ1) is 10.0. The zero-order valence-electron chi connectivity index (χ0n) is 14.1. The molecule has 1 aliphatic rings. The molecule has 4 nitrogen and oxygen atoms in total. The molecule has 2 N–H and O–H groups in total. The number of nitrogens with zero attached hydrogens (tertiary/aromatic N) is 1. The van der Waals surface area contributed by atoms with Crippen LogP contribution in [0.25, 0.3) is 0 Å². The quantitative estimate of drug-likeness (QED) is 0.902. The molecule has 1 saturated heterocycles. The largest absolute Gasteiger partial charge is 0.493 e. The predicted octanol–water partition coefficient (Wildman–Crippen LogP) is 2.99. The van der Waals surface area contributed by atoms with Gasteiger partial charge in [-0.05, 0) is 69.0 Å². The smallest absolute Gasteiger partial charge is 0.161 e. The van der Waals surface area contributed by atoms with E-state index in [2.05, 4.69) is 30.9 Å². The maximum Gasteiger partial charge on any atom is 0.161 e. The molecular weight excluding hydrogens is 300 g/mol. The average Bonchev–Trinajstić information content (AvgIpc) is 2.49. The number of hydrogen-bond acceptors (Lipinski definition) is 4. The van der Waals surface area contributed by atoms with Crippen molar-refractivity contribution in [1.29, 1.82) is 0 Å². The van der Waals surface area contributed by atoms with E-state index in [0.29, 0.717) is 12.0 Å². The highest BCUT2D eigenvalue weighted by Crippen LogP contribution is 2.31. The first kappa shape index (κ1) is 19.1. The lowest BCUT2D eigenvalue weighted by molar-refractivity contribution is 0.165. The molecule has 2 rings (SSSR count). The number of halogens is 1. The Bertz CT molecular complexity index is 472. The molecule has 0 amide bonds. The van der Waals surface area contributed by atoms with Gasteiger partial charge in [0.1, 0.15) is 0 Å². The normalized spacial score (nSPS) is 17.7. The summed E-state index contributed by atoms with van der Waals surface area (Å²) in [5.74, 6) is 2.28. The molecule has 126 valence electrons. The third-order valence-electron chi connectivity index (χ3n) is 4.61. The minimum atomic E-state index is 0. The predicted molar refractivity (Wildman–Crippen MR) is 93.2 cm³/mol. The van der Waals surface area contributed by atoms with Gasteiger partial charge in [-0.3, -0.25) is 4.90 Å². The lowest BCUT2D eigenvalue weighted by Gasteiger charge is -2.34. The number of ether oxygens (including phenoxy) is 2. The zero-order chi connectivity index (χ0) is 15.4. The second-order valence-electron chi connectivity index (χ2n) is 6.11. The summed E-state index contributed by atoms with van der Waals surface area (Å²) in [4.78, 5) is 2.51. The Labute approximate surface area is 140 Å². The summed E-state index contributed by atoms with van der Waals surface area (Å²) in [7, 11) is 3.36. The van der Waals surface area contributed by atoms with Gasteiger partial charge in [0.15, 0.2) is 11.5 Å². The maximum absolute atomic E-state index is 6.01. The van der Waals surface area contributed by atoms with Crippen LogP contribution in [0.4, 0.5) is 0 Å². The van der Waals surface area contributed by atoms with E-state index in [9.17, 15) is 0 Å². The topological polar surface area (TPSA) is 47.7 Å². The lowest BCUT2D eigenvalue weighted by Crippen LogP contribution is -2.39. The van der Waals surface area contributed by atoms with E-state index in [1.54, 1.807) is 14.2 Å². The van der Waals surface area contributed by atoms with Gasteiger partial charge in [0.25, 0.3) is 0 Å². The fourth-order valence-corrected chi connectivity index (χ4v) is 3.07. The molecule has 1 unspecified atom stereocenters. The van der Waals surface area contributed by atoms with Crippen molar-refractivity contribution in [3.63, 3.8) is 0 Å². The van der Waals surface area contributed by atoms with Gasteiger partial charge in [-0.1, -0.05) is 0 Å². The standard InChI is InChI=1S/C17H28N2O2.ClH/c1-12-9-16(20-3)17(21-4)10-15(12)11-19-7-5-14(6-8-19)13(2)18;/h9-10,13-14H,5-8,11,18H2,1-4H3;1H. The van der Waals surface area contributed by atoms with Crippen LogP contribution in [0.2, 0.25) is 0 Å². The van der Waals surface area contributed by atoms with E-state index in [1.807, 2.05) is 0 Å². The number of nitrogens with two attached hydrogens (primary N) is 1. The van der Waals surface area contributed by atoms with Gasteiger partial charge in [0.2, 0.25) is 0 Å². The van der Waals surface area contributed by atoms with E-state index in [-0.39, 0.29) is 12.4 Å². The molecule has 1 aliphatic heterocycles. The second-order valence-corrected chi connectivity index (χ2v) is 6.11. The fourth-order valence-electron chi connectivity index (χ4n) is 3.07. The van der Waals surface area contributed by atoms with Gasteiger partial charge in [-0.15, -0.1) is 12.4 Å². The van der Waals surface area contributed by atoms with E-state index in [4.69, 9.17) is 15.2 Å². The minimum Gasteiger partial charge on any atom is -0.493 e. The van der Waals surface area contributed by atoms with Crippen LogP contribution >= 0.6 is 12.4 Å². The summed E-state index contributed by atoms with van der Waals surface area (Å²) in [6.45, 7) is 7.47.